The number of Topliss-reactive ketones (excluding diaryl/α,β-unsaturated/α-hetero) is 1. The third-order valence-electron chi connectivity index (χ3n) is 7.24. The number of hydrogen-bond donors (Lipinski definition) is 1. The molecular formula is C32H38Cl2N2O2. The SMILES string of the molecule is C=C(C)C#N.C=CC.C=CCC12CCC(c3ccc(OC)cc3Cl)C(c3ccc(Cl)cc3)C1CNCC2=O. The number of fused-ring (bicyclic) bond motifs is 1. The predicted octanol–water partition coefficient (Wildman–Crippen LogP) is 8.29. The molecule has 1 heterocycles. The van der Waals surface area contributed by atoms with Crippen molar-refractivity contribution in [2.24, 2.45) is 11.3 Å². The second kappa shape index (κ2) is 14.9. The highest BCUT2D eigenvalue weighted by Crippen LogP contribution is 2.58. The molecule has 4 rings (SSSR count). The van der Waals surface area contributed by atoms with E-state index in [9.17, 15) is 4.79 Å². The van der Waals surface area contributed by atoms with Crippen LogP contribution < -0.4 is 10.1 Å². The Bertz CT molecular complexity index is 1170. The Labute approximate surface area is 238 Å². The summed E-state index contributed by atoms with van der Waals surface area (Å²) >= 11 is 12.9. The first kappa shape index (κ1) is 31.4. The van der Waals surface area contributed by atoms with Crippen molar-refractivity contribution in [2.45, 2.75) is 44.9 Å². The maximum absolute atomic E-state index is 13.2. The Hall–Kier alpha value is -2.84. The number of ether oxygens (including phenoxy) is 1. The van der Waals surface area contributed by atoms with Gasteiger partial charge in [-0.1, -0.05) is 60.1 Å². The van der Waals surface area contributed by atoms with Gasteiger partial charge in [0, 0.05) is 21.0 Å². The molecule has 1 N–H and O–H groups in total. The molecule has 2 aliphatic rings. The first-order valence-electron chi connectivity index (χ1n) is 12.8. The van der Waals surface area contributed by atoms with E-state index >= 15 is 0 Å². The smallest absolute Gasteiger partial charge is 0.153 e. The fraction of sp³-hybridized carbons (Fsp3) is 0.375. The molecule has 38 heavy (non-hydrogen) atoms. The van der Waals surface area contributed by atoms with Gasteiger partial charge < -0.3 is 10.1 Å². The third kappa shape index (κ3) is 7.38. The molecule has 2 aromatic rings. The monoisotopic (exact) mass is 552 g/mol. The van der Waals surface area contributed by atoms with Crippen molar-refractivity contribution in [3.63, 3.8) is 0 Å². The molecule has 1 aliphatic heterocycles. The summed E-state index contributed by atoms with van der Waals surface area (Å²) in [4.78, 5) is 13.2. The van der Waals surface area contributed by atoms with Crippen LogP contribution in [0.15, 0.2) is 79.9 Å². The van der Waals surface area contributed by atoms with E-state index in [0.29, 0.717) is 34.4 Å². The van der Waals surface area contributed by atoms with Gasteiger partial charge in [-0.05, 0) is 92.8 Å². The van der Waals surface area contributed by atoms with E-state index in [1.165, 1.54) is 5.56 Å². The Morgan fingerprint density at radius 1 is 1.24 bits per heavy atom. The summed E-state index contributed by atoms with van der Waals surface area (Å²) in [7, 11) is 1.64. The summed E-state index contributed by atoms with van der Waals surface area (Å²) < 4.78 is 5.35. The minimum absolute atomic E-state index is 0.151. The van der Waals surface area contributed by atoms with Crippen molar-refractivity contribution >= 4 is 29.0 Å². The molecule has 0 bridgehead atoms. The van der Waals surface area contributed by atoms with E-state index in [1.807, 2.05) is 43.3 Å². The first-order chi connectivity index (χ1) is 18.2. The van der Waals surface area contributed by atoms with E-state index in [2.05, 4.69) is 43.3 Å². The van der Waals surface area contributed by atoms with Crippen molar-refractivity contribution in [3.8, 4) is 11.8 Å². The van der Waals surface area contributed by atoms with E-state index in [4.69, 9.17) is 33.2 Å². The second-order valence-corrected chi connectivity index (χ2v) is 10.6. The Kier molecular flexibility index (Phi) is 12.3. The minimum Gasteiger partial charge on any atom is -0.497 e. The number of hydrogen-bond acceptors (Lipinski definition) is 4. The van der Waals surface area contributed by atoms with Crippen LogP contribution in [0.2, 0.25) is 10.0 Å². The Morgan fingerprint density at radius 2 is 1.87 bits per heavy atom. The quantitative estimate of drug-likeness (QED) is 0.299. The molecule has 6 heteroatoms. The number of methoxy groups -OCH3 is 1. The van der Waals surface area contributed by atoms with Crippen LogP contribution in [0.25, 0.3) is 0 Å². The zero-order valence-electron chi connectivity index (χ0n) is 22.6. The molecule has 4 nitrogen and oxygen atoms in total. The molecule has 0 spiro atoms. The Morgan fingerprint density at radius 3 is 2.39 bits per heavy atom. The fourth-order valence-corrected chi connectivity index (χ4v) is 6.08. The zero-order valence-corrected chi connectivity index (χ0v) is 24.1. The topological polar surface area (TPSA) is 62.1 Å². The summed E-state index contributed by atoms with van der Waals surface area (Å²) in [5, 5.41) is 12.6. The lowest BCUT2D eigenvalue weighted by Crippen LogP contribution is -2.57. The summed E-state index contributed by atoms with van der Waals surface area (Å²) in [6, 6.07) is 15.8. The van der Waals surface area contributed by atoms with Gasteiger partial charge in [0.2, 0.25) is 0 Å². The van der Waals surface area contributed by atoms with Crippen LogP contribution in [0.3, 0.4) is 0 Å². The van der Waals surface area contributed by atoms with Gasteiger partial charge in [-0.3, -0.25) is 4.79 Å². The van der Waals surface area contributed by atoms with Gasteiger partial charge in [0.1, 0.15) is 5.75 Å². The normalized spacial score (nSPS) is 23.7. The molecule has 4 unspecified atom stereocenters. The van der Waals surface area contributed by atoms with Crippen molar-refractivity contribution in [3.05, 3.63) is 101 Å². The molecular weight excluding hydrogens is 515 g/mol. The average molecular weight is 554 g/mol. The highest BCUT2D eigenvalue weighted by Gasteiger charge is 2.54. The first-order valence-corrected chi connectivity index (χ1v) is 13.5. The molecule has 0 aromatic heterocycles. The molecule has 1 aliphatic carbocycles. The van der Waals surface area contributed by atoms with Crippen LogP contribution in [-0.2, 0) is 4.79 Å². The van der Waals surface area contributed by atoms with Crippen molar-refractivity contribution in [1.82, 2.24) is 5.32 Å². The fourth-order valence-electron chi connectivity index (χ4n) is 5.65. The summed E-state index contributed by atoms with van der Waals surface area (Å²) in [6.45, 7) is 15.4. The standard InChI is InChI=1S/C25H27Cl2NO2.C4H5N.C3H6/c1-3-11-25-12-10-20(19-9-8-18(30-2)13-22(19)27)24(16-4-6-17(26)7-5-16)21(25)14-28-15-23(25)29;1-4(2)3-5;1-3-2/h3-9,13,20-21,24,28H,1,10-12,14-15H2,2H3;1H2,2H3;3H,1H2,2H3. The van der Waals surface area contributed by atoms with Crippen LogP contribution in [-0.4, -0.2) is 26.0 Å². The highest BCUT2D eigenvalue weighted by molar-refractivity contribution is 6.31. The third-order valence-corrected chi connectivity index (χ3v) is 7.82. The van der Waals surface area contributed by atoms with Gasteiger partial charge in [-0.25, -0.2) is 0 Å². The number of benzene rings is 2. The lowest BCUT2D eigenvalue weighted by atomic mass is 9.52. The number of carbonyl (C=O) groups excluding carboxylic acids is 1. The molecule has 0 amide bonds. The van der Waals surface area contributed by atoms with Crippen molar-refractivity contribution in [2.75, 3.05) is 20.2 Å². The maximum atomic E-state index is 13.2. The van der Waals surface area contributed by atoms with E-state index in [1.54, 1.807) is 20.1 Å². The van der Waals surface area contributed by atoms with E-state index in [-0.39, 0.29) is 23.2 Å². The van der Waals surface area contributed by atoms with Crippen molar-refractivity contribution < 1.29 is 9.53 Å². The summed E-state index contributed by atoms with van der Waals surface area (Å²) in [5.41, 5.74) is 2.51. The highest BCUT2D eigenvalue weighted by atomic mass is 35.5. The molecule has 2 fully saturated rings. The second-order valence-electron chi connectivity index (χ2n) is 9.72. The zero-order chi connectivity index (χ0) is 28.3. The average Bonchev–Trinajstić information content (AvgIpc) is 2.90. The van der Waals surface area contributed by atoms with Gasteiger partial charge in [0.25, 0.3) is 0 Å². The number of carbonyl (C=O) groups is 1. The van der Waals surface area contributed by atoms with Crippen LogP contribution in [0.4, 0.5) is 0 Å². The lowest BCUT2D eigenvalue weighted by molar-refractivity contribution is -0.137. The molecule has 202 valence electrons. The van der Waals surface area contributed by atoms with Crippen LogP contribution in [0.5, 0.6) is 5.75 Å². The van der Waals surface area contributed by atoms with Gasteiger partial charge in [0.05, 0.1) is 19.7 Å². The van der Waals surface area contributed by atoms with Gasteiger partial charge in [-0.15, -0.1) is 13.2 Å². The van der Waals surface area contributed by atoms with Gasteiger partial charge >= 0.3 is 0 Å². The molecule has 4 atom stereocenters. The maximum Gasteiger partial charge on any atom is 0.153 e. The molecule has 2 aromatic carbocycles. The Balaban J connectivity index is 0.000000559. The molecule has 1 saturated heterocycles. The lowest BCUT2D eigenvalue weighted by Gasteiger charge is -2.53. The van der Waals surface area contributed by atoms with Crippen LogP contribution in [0, 0.1) is 22.7 Å². The number of piperidine rings is 1. The number of ketones is 1. The number of rotatable bonds is 5. The summed E-state index contributed by atoms with van der Waals surface area (Å²) in [5.74, 6) is 1.57. The summed E-state index contributed by atoms with van der Waals surface area (Å²) in [6.07, 6.45) is 6.12. The van der Waals surface area contributed by atoms with Gasteiger partial charge in [-0.2, -0.15) is 5.26 Å². The van der Waals surface area contributed by atoms with Crippen LogP contribution >= 0.6 is 23.2 Å². The van der Waals surface area contributed by atoms with Crippen LogP contribution in [0.1, 0.15) is 56.1 Å². The number of nitrogens with zero attached hydrogens (tertiary/aromatic N) is 1. The largest absolute Gasteiger partial charge is 0.497 e. The number of nitrogens with one attached hydrogen (secondary N) is 1. The molecule has 0 radical (unpaired) electrons. The van der Waals surface area contributed by atoms with Gasteiger partial charge in [0.15, 0.2) is 5.78 Å². The van der Waals surface area contributed by atoms with Crippen molar-refractivity contribution in [1.29, 1.82) is 5.26 Å². The minimum atomic E-state index is -0.368. The number of allylic oxidation sites excluding steroid dienone is 3. The number of nitriles is 1. The molecule has 1 saturated carbocycles. The predicted molar refractivity (Wildman–Crippen MR) is 159 cm³/mol. The van der Waals surface area contributed by atoms with E-state index < -0.39 is 0 Å². The number of halogens is 2. The van der Waals surface area contributed by atoms with E-state index in [0.717, 1.165) is 30.7 Å².